The molecule has 0 spiro atoms. The van der Waals surface area contributed by atoms with E-state index in [0.717, 1.165) is 32.1 Å². The summed E-state index contributed by atoms with van der Waals surface area (Å²) >= 11 is 0. The minimum Gasteiger partial charge on any atom is -0.0942 e. The van der Waals surface area contributed by atoms with E-state index in [1.54, 1.807) is 0 Å². The first-order valence-corrected chi connectivity index (χ1v) is 9.95. The largest absolute Gasteiger partial charge is 0.304 e. The van der Waals surface area contributed by atoms with Crippen molar-refractivity contribution in [1.29, 1.82) is 0 Å². The standard InChI is InChI=1S/C17H25F5S/c1-16(17-13-9-7-10-14-17)12-8-5-3-2-4-6-11-15-23(18,19,20,21)22/h7,9-11,13-16H,2-6,8,12H2,1H3/b15-11+. The maximum atomic E-state index is 12.0. The molecule has 1 rings (SSSR count). The van der Waals surface area contributed by atoms with Gasteiger partial charge in [0.1, 0.15) is 0 Å². The van der Waals surface area contributed by atoms with Gasteiger partial charge < -0.3 is 0 Å². The number of hydrogen-bond acceptors (Lipinski definition) is 0. The van der Waals surface area contributed by atoms with Gasteiger partial charge in [-0.15, -0.1) is 0 Å². The van der Waals surface area contributed by atoms with Crippen molar-refractivity contribution in [2.24, 2.45) is 0 Å². The van der Waals surface area contributed by atoms with Gasteiger partial charge >= 0.3 is 10.2 Å². The van der Waals surface area contributed by atoms with E-state index in [-0.39, 0.29) is 6.42 Å². The van der Waals surface area contributed by atoms with Crippen molar-refractivity contribution >= 4 is 10.2 Å². The van der Waals surface area contributed by atoms with Crippen LogP contribution >= 0.6 is 10.2 Å². The Kier molecular flexibility index (Phi) is 6.30. The molecule has 0 fully saturated rings. The van der Waals surface area contributed by atoms with Crippen LogP contribution in [0.1, 0.15) is 63.4 Å². The Bertz CT molecular complexity index is 492. The third kappa shape index (κ3) is 11.2. The molecule has 0 amide bonds. The molecule has 0 aliphatic carbocycles. The fraction of sp³-hybridized carbons (Fsp3) is 0.529. The Morgan fingerprint density at radius 2 is 1.43 bits per heavy atom. The van der Waals surface area contributed by atoms with E-state index in [1.165, 1.54) is 5.56 Å². The van der Waals surface area contributed by atoms with Crippen molar-refractivity contribution in [1.82, 2.24) is 0 Å². The molecular weight excluding hydrogens is 331 g/mol. The Morgan fingerprint density at radius 3 is 2.04 bits per heavy atom. The molecule has 134 valence electrons. The van der Waals surface area contributed by atoms with E-state index in [9.17, 15) is 19.4 Å². The summed E-state index contributed by atoms with van der Waals surface area (Å²) in [6.07, 6.45) is 5.97. The van der Waals surface area contributed by atoms with Crippen LogP contribution in [-0.2, 0) is 0 Å². The molecule has 0 heterocycles. The van der Waals surface area contributed by atoms with Gasteiger partial charge in [0.05, 0.1) is 5.41 Å². The fourth-order valence-electron chi connectivity index (χ4n) is 2.44. The molecule has 0 radical (unpaired) electrons. The first kappa shape index (κ1) is 20.0. The van der Waals surface area contributed by atoms with Crippen LogP contribution in [0.2, 0.25) is 0 Å². The van der Waals surface area contributed by atoms with Crippen LogP contribution in [0.25, 0.3) is 0 Å². The zero-order chi connectivity index (χ0) is 17.5. The predicted molar refractivity (Wildman–Crippen MR) is 89.4 cm³/mol. The molecule has 6 heteroatoms. The quantitative estimate of drug-likeness (QED) is 0.292. The highest BCUT2D eigenvalue weighted by Gasteiger charge is 2.60. The molecular formula is C17H25F5S. The van der Waals surface area contributed by atoms with Gasteiger partial charge in [-0.1, -0.05) is 88.4 Å². The highest BCUT2D eigenvalue weighted by Crippen LogP contribution is 2.98. The van der Waals surface area contributed by atoms with Crippen LogP contribution in [0.4, 0.5) is 19.4 Å². The maximum absolute atomic E-state index is 12.0. The topological polar surface area (TPSA) is 0 Å². The lowest BCUT2D eigenvalue weighted by Gasteiger charge is -2.36. The van der Waals surface area contributed by atoms with Gasteiger partial charge in [-0.05, 0) is 30.7 Å². The monoisotopic (exact) mass is 356 g/mol. The van der Waals surface area contributed by atoms with E-state index in [4.69, 9.17) is 0 Å². The van der Waals surface area contributed by atoms with Crippen molar-refractivity contribution in [3.05, 3.63) is 47.4 Å². The Morgan fingerprint density at radius 1 is 0.870 bits per heavy atom. The van der Waals surface area contributed by atoms with Crippen LogP contribution in [0.3, 0.4) is 0 Å². The molecule has 1 atom stereocenters. The van der Waals surface area contributed by atoms with E-state index in [0.29, 0.717) is 18.4 Å². The summed E-state index contributed by atoms with van der Waals surface area (Å²) in [7, 11) is -9.35. The highest BCUT2D eigenvalue weighted by molar-refractivity contribution is 8.48. The number of benzene rings is 1. The Balaban J connectivity index is 2.08. The van der Waals surface area contributed by atoms with E-state index in [1.807, 2.05) is 18.2 Å². The minimum absolute atomic E-state index is 0.0476. The SMILES string of the molecule is CC(CCCCCCC/C=C/S(F)(F)(F)(F)F)c1ccccc1. The number of rotatable bonds is 10. The second-order valence-corrected chi connectivity index (χ2v) is 8.39. The molecule has 0 N–H and O–H groups in total. The summed E-state index contributed by atoms with van der Waals surface area (Å²) in [5, 5.41) is -0.832. The average molecular weight is 356 g/mol. The zero-order valence-electron chi connectivity index (χ0n) is 13.4. The van der Waals surface area contributed by atoms with Crippen LogP contribution in [0, 0.1) is 0 Å². The predicted octanol–water partition coefficient (Wildman–Crippen LogP) is 8.33. The van der Waals surface area contributed by atoms with Crippen LogP contribution in [-0.4, -0.2) is 0 Å². The molecule has 23 heavy (non-hydrogen) atoms. The van der Waals surface area contributed by atoms with Crippen molar-refractivity contribution in [3.8, 4) is 0 Å². The van der Waals surface area contributed by atoms with E-state index < -0.39 is 15.6 Å². The highest BCUT2D eigenvalue weighted by atomic mass is 32.5. The molecule has 0 nitrogen and oxygen atoms in total. The Labute approximate surface area is 135 Å². The third-order valence-corrected chi connectivity index (χ3v) is 4.44. The molecule has 1 aromatic carbocycles. The van der Waals surface area contributed by atoms with Crippen LogP contribution in [0.15, 0.2) is 41.8 Å². The molecule has 0 aliphatic heterocycles. The number of unbranched alkanes of at least 4 members (excludes halogenated alkanes) is 5. The maximum Gasteiger partial charge on any atom is 0.304 e. The second kappa shape index (κ2) is 7.24. The van der Waals surface area contributed by atoms with Crippen molar-refractivity contribution in [2.45, 2.75) is 57.8 Å². The smallest absolute Gasteiger partial charge is 0.0942 e. The van der Waals surface area contributed by atoms with Gasteiger partial charge in [0, 0.05) is 0 Å². The summed E-state index contributed by atoms with van der Waals surface area (Å²) in [5.74, 6) is 0.497. The van der Waals surface area contributed by atoms with Gasteiger partial charge in [-0.3, -0.25) is 0 Å². The summed E-state index contributed by atoms with van der Waals surface area (Å²) in [5.41, 5.74) is 1.31. The van der Waals surface area contributed by atoms with E-state index in [2.05, 4.69) is 19.1 Å². The van der Waals surface area contributed by atoms with Crippen molar-refractivity contribution in [2.75, 3.05) is 0 Å². The average Bonchev–Trinajstić information content (AvgIpc) is 2.43. The number of halogens is 5. The first-order valence-electron chi connectivity index (χ1n) is 7.93. The molecule has 0 aliphatic rings. The Hall–Kier alpha value is -1.04. The van der Waals surface area contributed by atoms with Crippen LogP contribution < -0.4 is 0 Å². The molecule has 0 saturated carbocycles. The van der Waals surface area contributed by atoms with Crippen molar-refractivity contribution in [3.63, 3.8) is 0 Å². The van der Waals surface area contributed by atoms with E-state index >= 15 is 0 Å². The fourth-order valence-corrected chi connectivity index (χ4v) is 2.94. The molecule has 1 unspecified atom stereocenters. The third-order valence-electron chi connectivity index (χ3n) is 3.73. The normalized spacial score (nSPS) is 17.0. The number of hydrogen-bond donors (Lipinski definition) is 0. The molecule has 0 aromatic heterocycles. The second-order valence-electron chi connectivity index (χ2n) is 6.06. The van der Waals surface area contributed by atoms with Gasteiger partial charge in [-0.2, -0.15) is 0 Å². The lowest BCUT2D eigenvalue weighted by molar-refractivity contribution is 0.384. The molecule has 1 aromatic rings. The number of allylic oxidation sites excluding steroid dienone is 1. The van der Waals surface area contributed by atoms with Crippen molar-refractivity contribution < 1.29 is 19.4 Å². The minimum atomic E-state index is -9.35. The summed E-state index contributed by atoms with van der Waals surface area (Å²) in [4.78, 5) is 0. The molecule has 0 bridgehead atoms. The first-order chi connectivity index (χ1) is 10.5. The summed E-state index contributed by atoms with van der Waals surface area (Å²) < 4.78 is 60.1. The van der Waals surface area contributed by atoms with Crippen LogP contribution in [0.5, 0.6) is 0 Å². The van der Waals surface area contributed by atoms with Gasteiger partial charge in [0.2, 0.25) is 0 Å². The van der Waals surface area contributed by atoms with Gasteiger partial charge in [0.25, 0.3) is 0 Å². The lowest BCUT2D eigenvalue weighted by Crippen LogP contribution is -1.98. The summed E-state index contributed by atoms with van der Waals surface area (Å²) in [6, 6.07) is 10.2. The van der Waals surface area contributed by atoms with Gasteiger partial charge in [0.15, 0.2) is 0 Å². The lowest BCUT2D eigenvalue weighted by atomic mass is 9.95. The summed E-state index contributed by atoms with van der Waals surface area (Å²) in [6.45, 7) is 2.18. The zero-order valence-corrected chi connectivity index (χ0v) is 14.2. The van der Waals surface area contributed by atoms with Gasteiger partial charge in [-0.25, -0.2) is 0 Å². The molecule has 0 saturated heterocycles.